The van der Waals surface area contributed by atoms with E-state index in [2.05, 4.69) is 256 Å². The first kappa shape index (κ1) is 44.6. The van der Waals surface area contributed by atoms with Gasteiger partial charge in [0.05, 0.1) is 34.1 Å². The lowest BCUT2D eigenvalue weighted by atomic mass is 9.70. The number of nitrogens with zero attached hydrogens (tertiary/aromatic N) is 2. The molecule has 4 heteroatoms. The SMILES string of the molecule is CC(C)c1cc(N(c2ccccc2C2C=CC=CC2)c2cccc3c2oc2ccccc23)c2cc3c4c(cc(N(c5ccccc5-c5ccccc5)c5cccc6c5oc5ccccc56)c5ccc1c2c54)CCC3(C)C. The van der Waals surface area contributed by atoms with E-state index in [4.69, 9.17) is 8.83 Å². The van der Waals surface area contributed by atoms with Gasteiger partial charge in [-0.2, -0.15) is 0 Å². The zero-order valence-electron chi connectivity index (χ0n) is 43.3. The minimum atomic E-state index is -0.102. The van der Waals surface area contributed by atoms with Crippen molar-refractivity contribution in [2.45, 2.75) is 64.2 Å². The van der Waals surface area contributed by atoms with Crippen LogP contribution in [0.1, 0.15) is 74.6 Å². The molecule has 1 unspecified atom stereocenters. The van der Waals surface area contributed by atoms with Crippen LogP contribution in [-0.4, -0.2) is 0 Å². The largest absolute Gasteiger partial charge is 0.454 e. The number of para-hydroxylation sites is 6. The van der Waals surface area contributed by atoms with E-state index in [9.17, 15) is 0 Å². The van der Waals surface area contributed by atoms with Gasteiger partial charge in [-0.15, -0.1) is 0 Å². The van der Waals surface area contributed by atoms with Crippen LogP contribution in [0.4, 0.5) is 34.1 Å². The van der Waals surface area contributed by atoms with Crippen LogP contribution in [0.15, 0.2) is 227 Å². The van der Waals surface area contributed by atoms with Gasteiger partial charge in [0.2, 0.25) is 0 Å². The molecular formula is C72H56N2O2. The summed E-state index contributed by atoms with van der Waals surface area (Å²) in [5, 5.41) is 12.2. The van der Waals surface area contributed by atoms with Crippen molar-refractivity contribution in [3.8, 4) is 11.1 Å². The second-order valence-electron chi connectivity index (χ2n) is 22.1. The fourth-order valence-corrected chi connectivity index (χ4v) is 13.3. The molecule has 0 saturated heterocycles. The predicted octanol–water partition coefficient (Wildman–Crippen LogP) is 20.9. The molecule has 366 valence electrons. The molecule has 2 heterocycles. The Hall–Kier alpha value is -8.86. The highest BCUT2D eigenvalue weighted by Gasteiger charge is 2.35. The fourth-order valence-electron chi connectivity index (χ4n) is 13.3. The van der Waals surface area contributed by atoms with Crippen LogP contribution < -0.4 is 9.80 Å². The summed E-state index contributed by atoms with van der Waals surface area (Å²) in [6, 6.07) is 71.7. The van der Waals surface area contributed by atoms with Gasteiger partial charge in [0, 0.05) is 49.2 Å². The smallest absolute Gasteiger partial charge is 0.159 e. The molecule has 13 aromatic rings. The highest BCUT2D eigenvalue weighted by molar-refractivity contribution is 6.31. The zero-order valence-corrected chi connectivity index (χ0v) is 43.3. The zero-order chi connectivity index (χ0) is 50.8. The maximum absolute atomic E-state index is 7.04. The maximum atomic E-state index is 7.04. The Morgan fingerprint density at radius 3 is 1.76 bits per heavy atom. The van der Waals surface area contributed by atoms with Gasteiger partial charge in [0.1, 0.15) is 11.2 Å². The average molecular weight is 981 g/mol. The molecule has 4 nitrogen and oxygen atoms in total. The molecule has 2 aliphatic carbocycles. The Kier molecular flexibility index (Phi) is 10.0. The third-order valence-corrected chi connectivity index (χ3v) is 17.0. The van der Waals surface area contributed by atoms with Crippen molar-refractivity contribution >= 4 is 110 Å². The summed E-state index contributed by atoms with van der Waals surface area (Å²) in [6.07, 6.45) is 12.0. The summed E-state index contributed by atoms with van der Waals surface area (Å²) in [5.41, 5.74) is 17.7. The Morgan fingerprint density at radius 1 is 0.474 bits per heavy atom. The number of rotatable bonds is 9. The van der Waals surface area contributed by atoms with E-state index < -0.39 is 0 Å². The number of hydrogen-bond donors (Lipinski definition) is 0. The summed E-state index contributed by atoms with van der Waals surface area (Å²) in [7, 11) is 0. The number of hydrogen-bond acceptors (Lipinski definition) is 4. The van der Waals surface area contributed by atoms with Gasteiger partial charge in [-0.1, -0.05) is 192 Å². The van der Waals surface area contributed by atoms with Crippen LogP contribution in [-0.2, 0) is 11.8 Å². The summed E-state index contributed by atoms with van der Waals surface area (Å²) in [5.74, 6) is 0.422. The van der Waals surface area contributed by atoms with Gasteiger partial charge < -0.3 is 18.6 Å². The van der Waals surface area contributed by atoms with E-state index in [0.29, 0.717) is 0 Å². The van der Waals surface area contributed by atoms with Gasteiger partial charge >= 0.3 is 0 Å². The first-order valence-corrected chi connectivity index (χ1v) is 27.1. The van der Waals surface area contributed by atoms with Gasteiger partial charge in [-0.25, -0.2) is 0 Å². The third kappa shape index (κ3) is 6.69. The van der Waals surface area contributed by atoms with Crippen molar-refractivity contribution in [1.82, 2.24) is 0 Å². The Labute approximate surface area is 442 Å². The number of furan rings is 2. The molecule has 11 aromatic carbocycles. The molecular weight excluding hydrogens is 925 g/mol. The topological polar surface area (TPSA) is 32.8 Å². The van der Waals surface area contributed by atoms with Gasteiger partial charge in [-0.05, 0) is 129 Å². The number of aryl methyl sites for hydroxylation is 1. The second-order valence-corrected chi connectivity index (χ2v) is 22.1. The van der Waals surface area contributed by atoms with Gasteiger partial charge in [-0.3, -0.25) is 0 Å². The van der Waals surface area contributed by atoms with Crippen molar-refractivity contribution < 1.29 is 8.83 Å². The van der Waals surface area contributed by atoms with E-state index in [-0.39, 0.29) is 17.3 Å². The van der Waals surface area contributed by atoms with Crippen molar-refractivity contribution in [2.75, 3.05) is 9.80 Å². The van der Waals surface area contributed by atoms with Crippen molar-refractivity contribution in [2.24, 2.45) is 0 Å². The normalized spacial score (nSPS) is 15.2. The summed E-state index contributed by atoms with van der Waals surface area (Å²) >= 11 is 0. The van der Waals surface area contributed by atoms with Crippen LogP contribution in [0.3, 0.4) is 0 Å². The summed E-state index contributed by atoms with van der Waals surface area (Å²) in [4.78, 5) is 5.09. The molecule has 15 rings (SSSR count). The third-order valence-electron chi connectivity index (χ3n) is 17.0. The van der Waals surface area contributed by atoms with Crippen molar-refractivity contribution in [3.05, 3.63) is 241 Å². The molecule has 0 fully saturated rings. The van der Waals surface area contributed by atoms with Crippen LogP contribution in [0.5, 0.6) is 0 Å². The predicted molar refractivity (Wildman–Crippen MR) is 321 cm³/mol. The number of anilines is 6. The Bertz CT molecular complexity index is 4530. The molecule has 76 heavy (non-hydrogen) atoms. The molecule has 0 saturated carbocycles. The standard InChI is InChI=1S/C72H56N2O2/c1-44(2)56-43-64(74(60-32-16-12-26-49(60)46-23-9-6-10-24-46)62-34-20-30-54-51-28-14-18-36-66(51)76-71(54)62)57-42-58-67-47(39-40-72(58,3)4)41-63(55-38-37-52(56)68(57)69(55)67)73(59-31-15-11-25-48(59)45-21-7-5-8-22-45)61-33-19-29-53-50-27-13-17-35-65(50)75-70(53)61/h5-23,25-38,41-44,46H,24,39-40H2,1-4H3. The molecule has 0 N–H and O–H groups in total. The van der Waals surface area contributed by atoms with Crippen LogP contribution in [0.25, 0.3) is 87.3 Å². The lowest BCUT2D eigenvalue weighted by molar-refractivity contribution is 0.475. The minimum Gasteiger partial charge on any atom is -0.454 e. The number of fused-ring (bicyclic) bond motifs is 6. The highest BCUT2D eigenvalue weighted by Crippen LogP contribution is 2.57. The first-order valence-electron chi connectivity index (χ1n) is 27.1. The lowest BCUT2D eigenvalue weighted by Crippen LogP contribution is -2.24. The number of allylic oxidation sites excluding steroid dienone is 4. The van der Waals surface area contributed by atoms with Crippen molar-refractivity contribution in [3.63, 3.8) is 0 Å². The van der Waals surface area contributed by atoms with Gasteiger partial charge in [0.25, 0.3) is 0 Å². The van der Waals surface area contributed by atoms with Crippen molar-refractivity contribution in [1.29, 1.82) is 0 Å². The second kappa shape index (κ2) is 17.1. The summed E-state index contributed by atoms with van der Waals surface area (Å²) in [6.45, 7) is 9.64. The Morgan fingerprint density at radius 2 is 1.07 bits per heavy atom. The van der Waals surface area contributed by atoms with E-state index in [1.807, 2.05) is 0 Å². The van der Waals surface area contributed by atoms with Gasteiger partial charge in [0.15, 0.2) is 11.2 Å². The average Bonchev–Trinajstić information content (AvgIpc) is 4.19. The molecule has 0 radical (unpaired) electrons. The highest BCUT2D eigenvalue weighted by atomic mass is 16.3. The molecule has 0 aliphatic heterocycles. The lowest BCUT2D eigenvalue weighted by Gasteiger charge is -2.37. The first-order chi connectivity index (χ1) is 37.3. The fraction of sp³-hybridized carbons (Fsp3) is 0.139. The molecule has 2 aromatic heterocycles. The van der Waals surface area contributed by atoms with Crippen LogP contribution in [0, 0.1) is 0 Å². The monoisotopic (exact) mass is 980 g/mol. The molecule has 0 spiro atoms. The number of benzene rings is 11. The molecule has 2 aliphatic rings. The van der Waals surface area contributed by atoms with E-state index >= 15 is 0 Å². The Balaban J connectivity index is 1.10. The van der Waals surface area contributed by atoms with Crippen LogP contribution >= 0.6 is 0 Å². The molecule has 0 bridgehead atoms. The maximum Gasteiger partial charge on any atom is 0.159 e. The van der Waals surface area contributed by atoms with E-state index in [0.717, 1.165) is 108 Å². The summed E-state index contributed by atoms with van der Waals surface area (Å²) < 4.78 is 14.0. The molecule has 0 amide bonds. The van der Waals surface area contributed by atoms with E-state index in [1.54, 1.807) is 0 Å². The molecule has 1 atom stereocenters. The quantitative estimate of drug-likeness (QED) is 0.135. The minimum absolute atomic E-state index is 0.102. The van der Waals surface area contributed by atoms with E-state index in [1.165, 1.54) is 54.6 Å². The van der Waals surface area contributed by atoms with Crippen LogP contribution in [0.2, 0.25) is 0 Å².